The summed E-state index contributed by atoms with van der Waals surface area (Å²) in [4.78, 5) is 0. The minimum absolute atomic E-state index is 0.561. The number of hydrogen-bond acceptors (Lipinski definition) is 3. The fourth-order valence-corrected chi connectivity index (χ4v) is 2.83. The van der Waals surface area contributed by atoms with Crippen LogP contribution in [0.3, 0.4) is 0 Å². The zero-order valence-electron chi connectivity index (χ0n) is 14.4. The van der Waals surface area contributed by atoms with Crippen molar-refractivity contribution in [2.24, 2.45) is 0 Å². The molecule has 4 nitrogen and oxygen atoms in total. The molecule has 134 valence electrons. The minimum Gasteiger partial charge on any atom is -0.497 e. The van der Waals surface area contributed by atoms with E-state index < -0.39 is 0 Å². The Kier molecular flexibility index (Phi) is 5.86. The fourth-order valence-electron chi connectivity index (χ4n) is 2.51. The van der Waals surface area contributed by atoms with Crippen molar-refractivity contribution in [1.29, 1.82) is 0 Å². The Morgan fingerprint density at radius 2 is 1.69 bits per heavy atom. The maximum absolute atomic E-state index is 6.04. The summed E-state index contributed by atoms with van der Waals surface area (Å²) < 4.78 is 10.6. The number of ether oxygens (including phenoxy) is 2. The van der Waals surface area contributed by atoms with Crippen LogP contribution in [0.4, 0.5) is 0 Å². The third kappa shape index (κ3) is 4.40. The van der Waals surface area contributed by atoms with Crippen LogP contribution in [0.5, 0.6) is 11.5 Å². The van der Waals surface area contributed by atoms with E-state index >= 15 is 0 Å². The Hall–Kier alpha value is -2.43. The normalized spacial score (nSPS) is 11.1. The van der Waals surface area contributed by atoms with Gasteiger partial charge in [-0.25, -0.2) is 0 Å². The first kappa shape index (κ1) is 18.4. The van der Waals surface area contributed by atoms with Crippen molar-refractivity contribution < 1.29 is 9.47 Å². The van der Waals surface area contributed by atoms with Gasteiger partial charge in [-0.3, -0.25) is 5.10 Å². The highest BCUT2D eigenvalue weighted by atomic mass is 35.5. The molecular formula is C20H18Cl2N2O2. The first-order valence-electron chi connectivity index (χ1n) is 7.98. The molecule has 0 amide bonds. The van der Waals surface area contributed by atoms with Gasteiger partial charge in [-0.1, -0.05) is 35.3 Å². The van der Waals surface area contributed by atoms with E-state index in [1.807, 2.05) is 48.6 Å². The molecule has 3 rings (SSSR count). The number of rotatable bonds is 6. The molecule has 1 N–H and O–H groups in total. The molecule has 3 aromatic rings. The zero-order chi connectivity index (χ0) is 18.5. The molecule has 2 aromatic carbocycles. The van der Waals surface area contributed by atoms with E-state index in [0.29, 0.717) is 10.0 Å². The molecule has 0 aliphatic heterocycles. The average Bonchev–Trinajstić information content (AvgIpc) is 3.13. The number of hydrogen-bond donors (Lipinski definition) is 1. The number of H-pyrrole nitrogens is 1. The Morgan fingerprint density at radius 1 is 0.962 bits per heavy atom. The number of halogens is 2. The predicted molar refractivity (Wildman–Crippen MR) is 106 cm³/mol. The first-order valence-corrected chi connectivity index (χ1v) is 8.74. The molecule has 26 heavy (non-hydrogen) atoms. The van der Waals surface area contributed by atoms with Gasteiger partial charge in [-0.2, -0.15) is 5.10 Å². The second-order valence-electron chi connectivity index (χ2n) is 5.66. The van der Waals surface area contributed by atoms with Gasteiger partial charge in [0.25, 0.3) is 0 Å². The van der Waals surface area contributed by atoms with Crippen LogP contribution < -0.4 is 9.47 Å². The minimum atomic E-state index is 0.561. The number of benzene rings is 2. The molecule has 0 saturated carbocycles. The molecule has 0 unspecified atom stereocenters. The van der Waals surface area contributed by atoms with Crippen molar-refractivity contribution in [3.8, 4) is 22.8 Å². The van der Waals surface area contributed by atoms with Crippen LogP contribution in [0.1, 0.15) is 11.3 Å². The molecule has 0 aliphatic carbocycles. The molecule has 0 fully saturated rings. The van der Waals surface area contributed by atoms with E-state index in [4.69, 9.17) is 32.7 Å². The Morgan fingerprint density at radius 3 is 2.35 bits per heavy atom. The maximum Gasteiger partial charge on any atom is 0.123 e. The van der Waals surface area contributed by atoms with Crippen molar-refractivity contribution in [2.45, 2.75) is 6.42 Å². The zero-order valence-corrected chi connectivity index (χ0v) is 15.9. The van der Waals surface area contributed by atoms with Crippen LogP contribution in [0.15, 0.2) is 48.5 Å². The van der Waals surface area contributed by atoms with Gasteiger partial charge < -0.3 is 9.47 Å². The molecule has 0 bridgehead atoms. The van der Waals surface area contributed by atoms with Crippen molar-refractivity contribution in [2.75, 3.05) is 14.2 Å². The molecule has 0 atom stereocenters. The van der Waals surface area contributed by atoms with Gasteiger partial charge >= 0.3 is 0 Å². The lowest BCUT2D eigenvalue weighted by Gasteiger charge is -2.06. The van der Waals surface area contributed by atoms with Crippen molar-refractivity contribution in [3.63, 3.8) is 0 Å². The summed E-state index contributed by atoms with van der Waals surface area (Å²) in [5, 5.41) is 8.51. The number of aromatic nitrogens is 2. The summed E-state index contributed by atoms with van der Waals surface area (Å²) in [6.45, 7) is 0. The van der Waals surface area contributed by atoms with E-state index in [2.05, 4.69) is 10.2 Å². The van der Waals surface area contributed by atoms with E-state index in [-0.39, 0.29) is 0 Å². The monoisotopic (exact) mass is 388 g/mol. The molecule has 0 radical (unpaired) electrons. The molecule has 6 heteroatoms. The van der Waals surface area contributed by atoms with Crippen LogP contribution in [-0.2, 0) is 6.42 Å². The molecular weight excluding hydrogens is 371 g/mol. The lowest BCUT2D eigenvalue weighted by Crippen LogP contribution is -1.88. The first-order chi connectivity index (χ1) is 12.6. The van der Waals surface area contributed by atoms with Crippen molar-refractivity contribution >= 4 is 29.3 Å². The highest BCUT2D eigenvalue weighted by Gasteiger charge is 2.07. The van der Waals surface area contributed by atoms with Crippen LogP contribution in [0.2, 0.25) is 10.0 Å². The standard InChI is InChI=1S/C20H18Cl2N2O2/c1-25-16-9-14(10-17(12-16)26-2)20-11-15(23-24-20)5-3-4-13-6-7-18(21)19(22)8-13/h3,5-12H,4H2,1-2H3,(H,23,24). The number of methoxy groups -OCH3 is 2. The second-order valence-corrected chi connectivity index (χ2v) is 6.48. The smallest absolute Gasteiger partial charge is 0.123 e. The molecule has 0 saturated heterocycles. The summed E-state index contributed by atoms with van der Waals surface area (Å²) in [5.41, 5.74) is 3.73. The van der Waals surface area contributed by atoms with Gasteiger partial charge in [0, 0.05) is 11.6 Å². The van der Waals surface area contributed by atoms with Crippen molar-refractivity contribution in [1.82, 2.24) is 10.2 Å². The number of allylic oxidation sites excluding steroid dienone is 1. The van der Waals surface area contributed by atoms with E-state index in [1.165, 1.54) is 0 Å². The van der Waals surface area contributed by atoms with E-state index in [9.17, 15) is 0 Å². The number of aromatic amines is 1. The highest BCUT2D eigenvalue weighted by Crippen LogP contribution is 2.29. The molecule has 1 aromatic heterocycles. The molecule has 0 spiro atoms. The average molecular weight is 389 g/mol. The van der Waals surface area contributed by atoms with Crippen molar-refractivity contribution in [3.05, 3.63) is 69.8 Å². The predicted octanol–water partition coefficient (Wildman–Crippen LogP) is 5.66. The van der Waals surface area contributed by atoms with Crippen LogP contribution in [0, 0.1) is 0 Å². The highest BCUT2D eigenvalue weighted by molar-refractivity contribution is 6.42. The van der Waals surface area contributed by atoms with Crippen LogP contribution in [-0.4, -0.2) is 24.4 Å². The summed E-state index contributed by atoms with van der Waals surface area (Å²) in [5.74, 6) is 1.44. The Bertz CT molecular complexity index is 913. The third-order valence-electron chi connectivity index (χ3n) is 3.88. The van der Waals surface area contributed by atoms with Crippen LogP contribution in [0.25, 0.3) is 17.3 Å². The summed E-state index contributed by atoms with van der Waals surface area (Å²) in [6.07, 6.45) is 4.78. The van der Waals surface area contributed by atoms with Gasteiger partial charge in [0.15, 0.2) is 0 Å². The van der Waals surface area contributed by atoms with Gasteiger partial charge in [-0.05, 0) is 48.4 Å². The summed E-state index contributed by atoms with van der Waals surface area (Å²) >= 11 is 12.0. The second kappa shape index (κ2) is 8.30. The molecule has 0 aliphatic rings. The van der Waals surface area contributed by atoms with Gasteiger partial charge in [0.05, 0.1) is 35.7 Å². The molecule has 1 heterocycles. The number of nitrogens with zero attached hydrogens (tertiary/aromatic N) is 1. The summed E-state index contributed by atoms with van der Waals surface area (Å²) in [6, 6.07) is 13.3. The SMILES string of the molecule is COc1cc(OC)cc(-c2cc(C=CCc3ccc(Cl)c(Cl)c3)[nH]n2)c1. The lowest BCUT2D eigenvalue weighted by molar-refractivity contribution is 0.394. The van der Waals surface area contributed by atoms with Crippen LogP contribution >= 0.6 is 23.2 Å². The fraction of sp³-hybridized carbons (Fsp3) is 0.150. The topological polar surface area (TPSA) is 47.1 Å². The van der Waals surface area contributed by atoms with E-state index in [0.717, 1.165) is 40.4 Å². The maximum atomic E-state index is 6.04. The Balaban J connectivity index is 1.74. The van der Waals surface area contributed by atoms with E-state index in [1.54, 1.807) is 20.3 Å². The lowest BCUT2D eigenvalue weighted by atomic mass is 10.1. The van der Waals surface area contributed by atoms with Gasteiger partial charge in [-0.15, -0.1) is 0 Å². The Labute approximate surface area is 162 Å². The summed E-state index contributed by atoms with van der Waals surface area (Å²) in [7, 11) is 3.25. The quantitative estimate of drug-likeness (QED) is 0.592. The third-order valence-corrected chi connectivity index (χ3v) is 4.62. The number of nitrogens with one attached hydrogen (secondary N) is 1. The van der Waals surface area contributed by atoms with Gasteiger partial charge in [0.2, 0.25) is 0 Å². The largest absolute Gasteiger partial charge is 0.497 e. The van der Waals surface area contributed by atoms with Gasteiger partial charge in [0.1, 0.15) is 11.5 Å².